The Bertz CT molecular complexity index is 381. The van der Waals surface area contributed by atoms with Gasteiger partial charge in [0.25, 0.3) is 0 Å². The maximum absolute atomic E-state index is 11.2. The quantitative estimate of drug-likeness (QED) is 0.737. The summed E-state index contributed by atoms with van der Waals surface area (Å²) >= 11 is 0. The molecule has 0 radical (unpaired) electrons. The summed E-state index contributed by atoms with van der Waals surface area (Å²) in [7, 11) is 0. The van der Waals surface area contributed by atoms with Crippen molar-refractivity contribution in [2.75, 3.05) is 6.54 Å². The van der Waals surface area contributed by atoms with Crippen molar-refractivity contribution in [3.05, 3.63) is 23.2 Å². The van der Waals surface area contributed by atoms with Gasteiger partial charge in [-0.25, -0.2) is 0 Å². The smallest absolute Gasteiger partial charge is 0.220 e. The van der Waals surface area contributed by atoms with E-state index in [0.717, 1.165) is 17.1 Å². The molecule has 0 saturated carbocycles. The van der Waals surface area contributed by atoms with Gasteiger partial charge in [-0.15, -0.1) is 0 Å². The zero-order valence-corrected chi connectivity index (χ0v) is 8.81. The fourth-order valence-corrected chi connectivity index (χ4v) is 2.19. The SMILES string of the molecule is Cc1cc(C2(C)CNC(=O)C2)c(C)o1. The van der Waals surface area contributed by atoms with E-state index in [1.54, 1.807) is 0 Å². The fourth-order valence-electron chi connectivity index (χ4n) is 2.19. The summed E-state index contributed by atoms with van der Waals surface area (Å²) in [4.78, 5) is 11.2. The number of hydrogen-bond acceptors (Lipinski definition) is 2. The van der Waals surface area contributed by atoms with E-state index < -0.39 is 0 Å². The van der Waals surface area contributed by atoms with Crippen molar-refractivity contribution < 1.29 is 9.21 Å². The number of carbonyl (C=O) groups is 1. The minimum Gasteiger partial charge on any atom is -0.466 e. The molecule has 1 aliphatic rings. The summed E-state index contributed by atoms with van der Waals surface area (Å²) in [6, 6.07) is 2.04. The molecule has 0 spiro atoms. The molecule has 2 heterocycles. The van der Waals surface area contributed by atoms with E-state index in [1.807, 2.05) is 19.9 Å². The van der Waals surface area contributed by atoms with Crippen LogP contribution in [0.2, 0.25) is 0 Å². The van der Waals surface area contributed by atoms with E-state index in [2.05, 4.69) is 12.2 Å². The van der Waals surface area contributed by atoms with Crippen LogP contribution < -0.4 is 5.32 Å². The molecule has 1 unspecified atom stereocenters. The average molecular weight is 193 g/mol. The van der Waals surface area contributed by atoms with E-state index >= 15 is 0 Å². The van der Waals surface area contributed by atoms with Crippen LogP contribution in [0, 0.1) is 13.8 Å². The second-order valence-corrected chi connectivity index (χ2v) is 4.34. The number of furan rings is 1. The van der Waals surface area contributed by atoms with Gasteiger partial charge in [0.2, 0.25) is 5.91 Å². The van der Waals surface area contributed by atoms with Crippen LogP contribution in [0.3, 0.4) is 0 Å². The molecule has 2 rings (SSSR count). The van der Waals surface area contributed by atoms with Crippen molar-refractivity contribution in [1.29, 1.82) is 0 Å². The molecule has 1 N–H and O–H groups in total. The molecule has 1 saturated heterocycles. The fraction of sp³-hybridized carbons (Fsp3) is 0.545. The molecule has 1 aromatic heterocycles. The van der Waals surface area contributed by atoms with Gasteiger partial charge in [0.15, 0.2) is 0 Å². The third-order valence-electron chi connectivity index (χ3n) is 2.92. The summed E-state index contributed by atoms with van der Waals surface area (Å²) in [5.74, 6) is 1.98. The first-order chi connectivity index (χ1) is 6.51. The van der Waals surface area contributed by atoms with E-state index in [-0.39, 0.29) is 11.3 Å². The first-order valence-corrected chi connectivity index (χ1v) is 4.85. The molecule has 3 nitrogen and oxygen atoms in total. The summed E-state index contributed by atoms with van der Waals surface area (Å²) in [5.41, 5.74) is 1.08. The molecule has 0 bridgehead atoms. The lowest BCUT2D eigenvalue weighted by Gasteiger charge is -2.20. The molecule has 1 atom stereocenters. The highest BCUT2D eigenvalue weighted by atomic mass is 16.3. The van der Waals surface area contributed by atoms with E-state index in [1.165, 1.54) is 0 Å². The van der Waals surface area contributed by atoms with Gasteiger partial charge >= 0.3 is 0 Å². The third kappa shape index (κ3) is 1.33. The molecule has 14 heavy (non-hydrogen) atoms. The molecule has 0 aromatic carbocycles. The van der Waals surface area contributed by atoms with E-state index in [4.69, 9.17) is 4.42 Å². The van der Waals surface area contributed by atoms with Gasteiger partial charge in [0.05, 0.1) is 0 Å². The lowest BCUT2D eigenvalue weighted by molar-refractivity contribution is -0.119. The van der Waals surface area contributed by atoms with Crippen LogP contribution in [0.15, 0.2) is 10.5 Å². The zero-order chi connectivity index (χ0) is 10.3. The van der Waals surface area contributed by atoms with Crippen molar-refractivity contribution in [2.45, 2.75) is 32.6 Å². The Labute approximate surface area is 83.5 Å². The lowest BCUT2D eigenvalue weighted by atomic mass is 9.82. The monoisotopic (exact) mass is 193 g/mol. The van der Waals surface area contributed by atoms with Crippen LogP contribution in [0.4, 0.5) is 0 Å². The van der Waals surface area contributed by atoms with Gasteiger partial charge in [0, 0.05) is 23.9 Å². The third-order valence-corrected chi connectivity index (χ3v) is 2.92. The molecular weight excluding hydrogens is 178 g/mol. The first kappa shape index (κ1) is 9.31. The maximum atomic E-state index is 11.2. The molecule has 76 valence electrons. The number of amides is 1. The predicted molar refractivity (Wildman–Crippen MR) is 53.2 cm³/mol. The Balaban J connectivity index is 2.39. The molecule has 1 aliphatic heterocycles. The van der Waals surface area contributed by atoms with Crippen LogP contribution in [-0.2, 0) is 10.2 Å². The Morgan fingerprint density at radius 2 is 2.21 bits per heavy atom. The zero-order valence-electron chi connectivity index (χ0n) is 8.81. The molecule has 3 heteroatoms. The van der Waals surface area contributed by atoms with Crippen molar-refractivity contribution in [3.63, 3.8) is 0 Å². The highest BCUT2D eigenvalue weighted by molar-refractivity contribution is 5.80. The molecule has 1 amide bonds. The Morgan fingerprint density at radius 3 is 2.64 bits per heavy atom. The Hall–Kier alpha value is -1.25. The van der Waals surface area contributed by atoms with Gasteiger partial charge in [-0.05, 0) is 19.9 Å². The van der Waals surface area contributed by atoms with Crippen LogP contribution in [0.1, 0.15) is 30.4 Å². The van der Waals surface area contributed by atoms with Gasteiger partial charge in [0.1, 0.15) is 11.5 Å². The van der Waals surface area contributed by atoms with Crippen LogP contribution in [0.5, 0.6) is 0 Å². The van der Waals surface area contributed by atoms with Crippen molar-refractivity contribution in [3.8, 4) is 0 Å². The first-order valence-electron chi connectivity index (χ1n) is 4.85. The van der Waals surface area contributed by atoms with Gasteiger partial charge in [-0.1, -0.05) is 6.92 Å². The van der Waals surface area contributed by atoms with Crippen molar-refractivity contribution >= 4 is 5.91 Å². The number of aryl methyl sites for hydroxylation is 2. The van der Waals surface area contributed by atoms with Crippen molar-refractivity contribution in [1.82, 2.24) is 5.32 Å². The standard InChI is InChI=1S/C11H15NO2/c1-7-4-9(8(2)14-7)11(3)5-10(13)12-6-11/h4H,5-6H2,1-3H3,(H,12,13). The predicted octanol–water partition coefficient (Wildman–Crippen LogP) is 1.67. The topological polar surface area (TPSA) is 42.2 Å². The van der Waals surface area contributed by atoms with Crippen molar-refractivity contribution in [2.24, 2.45) is 0 Å². The van der Waals surface area contributed by atoms with E-state index in [0.29, 0.717) is 13.0 Å². The molecule has 1 fully saturated rings. The lowest BCUT2D eigenvalue weighted by Crippen LogP contribution is -2.25. The van der Waals surface area contributed by atoms with Gasteiger partial charge < -0.3 is 9.73 Å². The second kappa shape index (κ2) is 2.87. The maximum Gasteiger partial charge on any atom is 0.220 e. The molecule has 0 aliphatic carbocycles. The number of hydrogen-bond donors (Lipinski definition) is 1. The number of carbonyl (C=O) groups excluding carboxylic acids is 1. The minimum absolute atomic E-state index is 0.0844. The second-order valence-electron chi connectivity index (χ2n) is 4.34. The summed E-state index contributed by atoms with van der Waals surface area (Å²) < 4.78 is 5.49. The average Bonchev–Trinajstić information content (AvgIpc) is 2.57. The van der Waals surface area contributed by atoms with E-state index in [9.17, 15) is 4.79 Å². The Kier molecular flexibility index (Phi) is 1.91. The largest absolute Gasteiger partial charge is 0.466 e. The molecular formula is C11H15NO2. The highest BCUT2D eigenvalue weighted by Crippen LogP contribution is 2.34. The Morgan fingerprint density at radius 1 is 1.50 bits per heavy atom. The summed E-state index contributed by atoms with van der Waals surface area (Å²) in [5, 5.41) is 2.86. The number of rotatable bonds is 1. The van der Waals surface area contributed by atoms with Crippen LogP contribution in [-0.4, -0.2) is 12.5 Å². The van der Waals surface area contributed by atoms with Crippen LogP contribution >= 0.6 is 0 Å². The van der Waals surface area contributed by atoms with Gasteiger partial charge in [-0.2, -0.15) is 0 Å². The highest BCUT2D eigenvalue weighted by Gasteiger charge is 2.37. The normalized spacial score (nSPS) is 26.6. The minimum atomic E-state index is -0.0844. The number of nitrogens with one attached hydrogen (secondary N) is 1. The summed E-state index contributed by atoms with van der Waals surface area (Å²) in [6.45, 7) is 6.70. The van der Waals surface area contributed by atoms with Gasteiger partial charge in [-0.3, -0.25) is 4.79 Å². The molecule has 1 aromatic rings. The summed E-state index contributed by atoms with van der Waals surface area (Å²) in [6.07, 6.45) is 0.562. The van der Waals surface area contributed by atoms with Crippen LogP contribution in [0.25, 0.3) is 0 Å².